The lowest BCUT2D eigenvalue weighted by Gasteiger charge is -2.20. The lowest BCUT2D eigenvalue weighted by molar-refractivity contribution is -0.133. The van der Waals surface area contributed by atoms with Crippen LogP contribution in [0.5, 0.6) is 0 Å². The highest BCUT2D eigenvalue weighted by Crippen LogP contribution is 2.16. The Morgan fingerprint density at radius 3 is 2.81 bits per heavy atom. The number of benzene rings is 1. The number of hydrogen-bond acceptors (Lipinski definition) is 2. The first-order valence-corrected chi connectivity index (χ1v) is 5.60. The van der Waals surface area contributed by atoms with Gasteiger partial charge in [0.05, 0.1) is 12.5 Å². The molecule has 1 aromatic rings. The van der Waals surface area contributed by atoms with Gasteiger partial charge in [0, 0.05) is 6.54 Å². The fraction of sp³-hybridized carbons (Fsp3) is 0.385. The number of likely N-dealkylation sites (tertiary alicyclic amines) is 1. The van der Waals surface area contributed by atoms with Gasteiger partial charge < -0.3 is 9.69 Å². The molecule has 84 valence electrons. The summed E-state index contributed by atoms with van der Waals surface area (Å²) in [6.45, 7) is 0.717. The van der Waals surface area contributed by atoms with Gasteiger partial charge in [0.25, 0.3) is 0 Å². The zero-order valence-corrected chi connectivity index (χ0v) is 9.13. The van der Waals surface area contributed by atoms with Gasteiger partial charge in [-0.1, -0.05) is 30.3 Å². The minimum absolute atomic E-state index is 0.0563. The minimum Gasteiger partial charge on any atom is -0.333 e. The molecule has 1 amide bonds. The number of nitrogens with zero attached hydrogens (tertiary/aromatic N) is 1. The van der Waals surface area contributed by atoms with Crippen molar-refractivity contribution < 1.29 is 9.59 Å². The number of carbonyl (C=O) groups excluding carboxylic acids is 2. The standard InChI is InChI=1S/C13H15NO2/c15-10-12-7-4-8-14(12)13(16)9-11-5-2-1-3-6-11/h1-3,5-6,10,12H,4,7-9H2/t12-/m0/s1. The highest BCUT2D eigenvalue weighted by Gasteiger charge is 2.27. The third-order valence-corrected chi connectivity index (χ3v) is 2.97. The second kappa shape index (κ2) is 4.92. The molecule has 0 aliphatic carbocycles. The maximum atomic E-state index is 12.0. The number of aldehydes is 1. The van der Waals surface area contributed by atoms with Gasteiger partial charge in [0.1, 0.15) is 6.29 Å². The summed E-state index contributed by atoms with van der Waals surface area (Å²) in [5, 5.41) is 0. The first kappa shape index (κ1) is 10.9. The van der Waals surface area contributed by atoms with Crippen molar-refractivity contribution in [3.05, 3.63) is 35.9 Å². The van der Waals surface area contributed by atoms with E-state index in [0.717, 1.165) is 31.2 Å². The fourth-order valence-corrected chi connectivity index (χ4v) is 2.12. The van der Waals surface area contributed by atoms with Crippen LogP contribution in [-0.2, 0) is 16.0 Å². The molecule has 0 N–H and O–H groups in total. The van der Waals surface area contributed by atoms with E-state index in [-0.39, 0.29) is 11.9 Å². The summed E-state index contributed by atoms with van der Waals surface area (Å²) in [6.07, 6.45) is 3.02. The van der Waals surface area contributed by atoms with E-state index >= 15 is 0 Å². The van der Waals surface area contributed by atoms with Gasteiger partial charge in [0.15, 0.2) is 0 Å². The SMILES string of the molecule is O=C[C@@H]1CCCN1C(=O)Cc1ccccc1. The molecule has 2 rings (SSSR count). The van der Waals surface area contributed by atoms with Crippen LogP contribution in [0.1, 0.15) is 18.4 Å². The Balaban J connectivity index is 2.00. The van der Waals surface area contributed by atoms with E-state index in [9.17, 15) is 9.59 Å². The number of amides is 1. The van der Waals surface area contributed by atoms with Crippen molar-refractivity contribution in [1.82, 2.24) is 4.90 Å². The molecule has 1 saturated heterocycles. The molecule has 16 heavy (non-hydrogen) atoms. The van der Waals surface area contributed by atoms with Gasteiger partial charge >= 0.3 is 0 Å². The molecule has 0 saturated carbocycles. The van der Waals surface area contributed by atoms with Crippen LogP contribution in [0.4, 0.5) is 0 Å². The summed E-state index contributed by atoms with van der Waals surface area (Å²) < 4.78 is 0. The van der Waals surface area contributed by atoms with E-state index in [1.165, 1.54) is 0 Å². The van der Waals surface area contributed by atoms with E-state index < -0.39 is 0 Å². The maximum Gasteiger partial charge on any atom is 0.227 e. The zero-order chi connectivity index (χ0) is 11.4. The van der Waals surface area contributed by atoms with Crippen LogP contribution in [0.3, 0.4) is 0 Å². The summed E-state index contributed by atoms with van der Waals surface area (Å²) in [7, 11) is 0. The molecule has 1 aromatic carbocycles. The Morgan fingerprint density at radius 2 is 2.12 bits per heavy atom. The summed E-state index contributed by atoms with van der Waals surface area (Å²) in [5.74, 6) is 0.0563. The molecular weight excluding hydrogens is 202 g/mol. The summed E-state index contributed by atoms with van der Waals surface area (Å²) >= 11 is 0. The van der Waals surface area contributed by atoms with Gasteiger partial charge in [-0.25, -0.2) is 0 Å². The Labute approximate surface area is 95.1 Å². The van der Waals surface area contributed by atoms with Crippen molar-refractivity contribution in [1.29, 1.82) is 0 Å². The van der Waals surface area contributed by atoms with Crippen LogP contribution in [0.2, 0.25) is 0 Å². The van der Waals surface area contributed by atoms with Crippen LogP contribution in [0.25, 0.3) is 0 Å². The molecule has 0 unspecified atom stereocenters. The van der Waals surface area contributed by atoms with Crippen molar-refractivity contribution in [3.63, 3.8) is 0 Å². The molecule has 3 heteroatoms. The van der Waals surface area contributed by atoms with E-state index in [1.54, 1.807) is 4.90 Å². The second-order valence-corrected chi connectivity index (χ2v) is 4.10. The average Bonchev–Trinajstić information content (AvgIpc) is 2.78. The Hall–Kier alpha value is -1.64. The average molecular weight is 217 g/mol. The van der Waals surface area contributed by atoms with E-state index in [0.29, 0.717) is 6.42 Å². The van der Waals surface area contributed by atoms with E-state index in [1.807, 2.05) is 30.3 Å². The molecule has 3 nitrogen and oxygen atoms in total. The molecule has 1 heterocycles. The molecule has 0 bridgehead atoms. The smallest absolute Gasteiger partial charge is 0.227 e. The topological polar surface area (TPSA) is 37.4 Å². The van der Waals surface area contributed by atoms with E-state index in [2.05, 4.69) is 0 Å². The zero-order valence-electron chi connectivity index (χ0n) is 9.13. The number of hydrogen-bond donors (Lipinski definition) is 0. The van der Waals surface area contributed by atoms with Gasteiger partial charge in [-0.15, -0.1) is 0 Å². The molecule has 0 radical (unpaired) electrons. The Kier molecular flexibility index (Phi) is 3.34. The predicted molar refractivity (Wildman–Crippen MR) is 60.9 cm³/mol. The van der Waals surface area contributed by atoms with Crippen molar-refractivity contribution in [2.75, 3.05) is 6.54 Å². The quantitative estimate of drug-likeness (QED) is 0.718. The molecule has 0 spiro atoms. The van der Waals surface area contributed by atoms with Gasteiger partial charge in [-0.3, -0.25) is 4.79 Å². The molecule has 1 aliphatic heterocycles. The Morgan fingerprint density at radius 1 is 1.38 bits per heavy atom. The van der Waals surface area contributed by atoms with Crippen LogP contribution in [0, 0.1) is 0 Å². The van der Waals surface area contributed by atoms with Crippen LogP contribution >= 0.6 is 0 Å². The Bertz CT molecular complexity index is 375. The fourth-order valence-electron chi connectivity index (χ4n) is 2.12. The van der Waals surface area contributed by atoms with Crippen LogP contribution < -0.4 is 0 Å². The van der Waals surface area contributed by atoms with Gasteiger partial charge in [-0.2, -0.15) is 0 Å². The lowest BCUT2D eigenvalue weighted by Crippen LogP contribution is -2.37. The first-order chi connectivity index (χ1) is 7.81. The molecule has 1 aliphatic rings. The van der Waals surface area contributed by atoms with E-state index in [4.69, 9.17) is 0 Å². The number of carbonyl (C=O) groups is 2. The van der Waals surface area contributed by atoms with Crippen molar-refractivity contribution in [3.8, 4) is 0 Å². The molecule has 0 aromatic heterocycles. The van der Waals surface area contributed by atoms with Crippen molar-refractivity contribution >= 4 is 12.2 Å². The highest BCUT2D eigenvalue weighted by molar-refractivity contribution is 5.82. The van der Waals surface area contributed by atoms with Crippen molar-refractivity contribution in [2.45, 2.75) is 25.3 Å². The monoisotopic (exact) mass is 217 g/mol. The minimum atomic E-state index is -0.198. The number of rotatable bonds is 3. The third kappa shape index (κ3) is 2.30. The second-order valence-electron chi connectivity index (χ2n) is 4.10. The van der Waals surface area contributed by atoms with Crippen molar-refractivity contribution in [2.24, 2.45) is 0 Å². The van der Waals surface area contributed by atoms with Gasteiger partial charge in [-0.05, 0) is 18.4 Å². The molecule has 1 fully saturated rings. The summed E-state index contributed by atoms with van der Waals surface area (Å²) in [6, 6.07) is 9.44. The van der Waals surface area contributed by atoms with Crippen LogP contribution in [-0.4, -0.2) is 29.7 Å². The summed E-state index contributed by atoms with van der Waals surface area (Å²) in [4.78, 5) is 24.4. The normalized spacial score (nSPS) is 19.8. The highest BCUT2D eigenvalue weighted by atomic mass is 16.2. The largest absolute Gasteiger partial charge is 0.333 e. The molecule has 1 atom stereocenters. The first-order valence-electron chi connectivity index (χ1n) is 5.60. The van der Waals surface area contributed by atoms with Gasteiger partial charge in [0.2, 0.25) is 5.91 Å². The third-order valence-electron chi connectivity index (χ3n) is 2.97. The maximum absolute atomic E-state index is 12.0. The predicted octanol–water partition coefficient (Wildman–Crippen LogP) is 1.42. The summed E-state index contributed by atoms with van der Waals surface area (Å²) in [5.41, 5.74) is 1.00. The molecular formula is C13H15NO2. The lowest BCUT2D eigenvalue weighted by atomic mass is 10.1. The van der Waals surface area contributed by atoms with Crippen LogP contribution in [0.15, 0.2) is 30.3 Å².